The molecule has 2 aliphatic rings. The summed E-state index contributed by atoms with van der Waals surface area (Å²) in [5.74, 6) is -2.60. The summed E-state index contributed by atoms with van der Waals surface area (Å²) in [5.41, 5.74) is 1.07. The number of rotatable bonds is 7. The van der Waals surface area contributed by atoms with Gasteiger partial charge in [-0.3, -0.25) is 9.69 Å². The fourth-order valence-electron chi connectivity index (χ4n) is 4.03. The third-order valence-electron chi connectivity index (χ3n) is 5.86. The summed E-state index contributed by atoms with van der Waals surface area (Å²) in [6.45, 7) is 0.408. The first kappa shape index (κ1) is 23.3. The first-order valence-electron chi connectivity index (χ1n) is 10.6. The van der Waals surface area contributed by atoms with Crippen molar-refractivity contribution in [2.45, 2.75) is 23.8 Å². The average molecular weight is 479 g/mol. The first-order chi connectivity index (χ1) is 15.8. The molecule has 0 aliphatic carbocycles. The Hall–Kier alpha value is -2.89. The minimum atomic E-state index is -4.34. The molecule has 2 aromatic rings. The van der Waals surface area contributed by atoms with Crippen LogP contribution in [0.4, 0.5) is 13.6 Å². The summed E-state index contributed by atoms with van der Waals surface area (Å²) in [7, 11) is -4.34. The number of urea groups is 1. The molecule has 2 aromatic carbocycles. The second-order valence-corrected chi connectivity index (χ2v) is 9.88. The molecule has 0 spiro atoms. The lowest BCUT2D eigenvalue weighted by molar-refractivity contribution is -0.129. The van der Waals surface area contributed by atoms with Crippen molar-refractivity contribution in [3.8, 4) is 0 Å². The third kappa shape index (κ3) is 4.90. The number of carbonyl (C=O) groups is 2. The number of sulfonamides is 1. The zero-order valence-electron chi connectivity index (χ0n) is 17.8. The van der Waals surface area contributed by atoms with Gasteiger partial charge in [-0.05, 0) is 30.5 Å². The van der Waals surface area contributed by atoms with Crippen LogP contribution in [0.3, 0.4) is 0 Å². The monoisotopic (exact) mass is 478 g/mol. The Morgan fingerprint density at radius 3 is 2.18 bits per heavy atom. The summed E-state index contributed by atoms with van der Waals surface area (Å²) >= 11 is 0. The third-order valence-corrected chi connectivity index (χ3v) is 7.81. The molecule has 176 valence electrons. The molecule has 0 bridgehead atoms. The Labute approximate surface area is 190 Å². The van der Waals surface area contributed by atoms with Crippen LogP contribution in [0.2, 0.25) is 0 Å². The van der Waals surface area contributed by atoms with E-state index in [4.69, 9.17) is 0 Å². The topological polar surface area (TPSA) is 90.0 Å². The van der Waals surface area contributed by atoms with Crippen molar-refractivity contribution in [1.82, 2.24) is 19.4 Å². The Bertz CT molecular complexity index is 1120. The quantitative estimate of drug-likeness (QED) is 0.613. The second kappa shape index (κ2) is 9.54. The molecule has 2 heterocycles. The van der Waals surface area contributed by atoms with E-state index in [2.05, 4.69) is 5.32 Å². The van der Waals surface area contributed by atoms with E-state index in [0.29, 0.717) is 12.8 Å². The number of nitrogens with one attached hydrogen (secondary N) is 1. The highest BCUT2D eigenvalue weighted by Crippen LogP contribution is 2.24. The predicted molar refractivity (Wildman–Crippen MR) is 115 cm³/mol. The molecule has 0 saturated carbocycles. The van der Waals surface area contributed by atoms with Gasteiger partial charge in [0.15, 0.2) is 4.90 Å². The minimum Gasteiger partial charge on any atom is -0.326 e. The lowest BCUT2D eigenvalue weighted by Gasteiger charge is -2.35. The van der Waals surface area contributed by atoms with Gasteiger partial charge in [-0.1, -0.05) is 36.4 Å². The van der Waals surface area contributed by atoms with Crippen molar-refractivity contribution in [2.75, 3.05) is 32.8 Å². The van der Waals surface area contributed by atoms with Crippen LogP contribution in [-0.2, 0) is 21.2 Å². The minimum absolute atomic E-state index is 0.0167. The summed E-state index contributed by atoms with van der Waals surface area (Å²) < 4.78 is 54.4. The van der Waals surface area contributed by atoms with Crippen LogP contribution < -0.4 is 5.32 Å². The number of nitrogens with zero attached hydrogens (tertiary/aromatic N) is 3. The van der Waals surface area contributed by atoms with Gasteiger partial charge in [-0.2, -0.15) is 4.31 Å². The lowest BCUT2D eigenvalue weighted by atomic mass is 10.1. The van der Waals surface area contributed by atoms with Gasteiger partial charge in [0, 0.05) is 26.2 Å². The van der Waals surface area contributed by atoms with Crippen LogP contribution >= 0.6 is 0 Å². The fourth-order valence-corrected chi connectivity index (χ4v) is 5.56. The average Bonchev–Trinajstić information content (AvgIpc) is 3.06. The van der Waals surface area contributed by atoms with E-state index in [1.807, 2.05) is 30.3 Å². The molecule has 2 fully saturated rings. The van der Waals surface area contributed by atoms with Crippen LogP contribution in [0.1, 0.15) is 12.0 Å². The van der Waals surface area contributed by atoms with E-state index in [0.717, 1.165) is 33.0 Å². The molecule has 8 nitrogen and oxygen atoms in total. The highest BCUT2D eigenvalue weighted by molar-refractivity contribution is 7.89. The standard InChI is InChI=1S/C22H24F2N4O4S/c23-17-7-4-8-18(24)20(17)33(31,32)27-13-11-26(12-14-27)15-28-21(29)19(25-22(28)30)10-9-16-5-2-1-3-6-16/h1-8,19H,9-15H2,(H,25,30). The molecule has 4 rings (SSSR count). The van der Waals surface area contributed by atoms with Crippen LogP contribution in [-0.4, -0.2) is 73.4 Å². The molecule has 1 unspecified atom stereocenters. The SMILES string of the molecule is O=C1NC(CCc2ccccc2)C(=O)N1CN1CCN(S(=O)(=O)c2c(F)cccc2F)CC1. The smallest absolute Gasteiger partial charge is 0.325 e. The number of hydrogen-bond acceptors (Lipinski definition) is 5. The number of halogens is 2. The Morgan fingerprint density at radius 2 is 1.55 bits per heavy atom. The molecule has 1 N–H and O–H groups in total. The van der Waals surface area contributed by atoms with E-state index >= 15 is 0 Å². The maximum absolute atomic E-state index is 14.0. The summed E-state index contributed by atoms with van der Waals surface area (Å²) in [4.78, 5) is 27.0. The van der Waals surface area contributed by atoms with Crippen molar-refractivity contribution < 1.29 is 26.8 Å². The fraction of sp³-hybridized carbons (Fsp3) is 0.364. The van der Waals surface area contributed by atoms with Crippen molar-refractivity contribution in [3.63, 3.8) is 0 Å². The summed E-state index contributed by atoms with van der Waals surface area (Å²) in [6.07, 6.45) is 1.12. The highest BCUT2D eigenvalue weighted by Gasteiger charge is 2.39. The predicted octanol–water partition coefficient (Wildman–Crippen LogP) is 1.78. The second-order valence-electron chi connectivity index (χ2n) is 8.01. The van der Waals surface area contributed by atoms with Gasteiger partial charge in [0.2, 0.25) is 10.0 Å². The number of benzene rings is 2. The molecule has 0 aromatic heterocycles. The number of hydrogen-bond donors (Lipinski definition) is 1. The molecule has 0 radical (unpaired) electrons. The zero-order chi connectivity index (χ0) is 23.6. The number of piperazine rings is 1. The van der Waals surface area contributed by atoms with E-state index < -0.39 is 38.6 Å². The molecular weight excluding hydrogens is 454 g/mol. The normalized spacial score (nSPS) is 20.3. The van der Waals surface area contributed by atoms with Gasteiger partial charge >= 0.3 is 6.03 Å². The zero-order valence-corrected chi connectivity index (χ0v) is 18.6. The number of aryl methyl sites for hydroxylation is 1. The Kier molecular flexibility index (Phi) is 6.73. The Morgan fingerprint density at radius 1 is 0.909 bits per heavy atom. The molecule has 33 heavy (non-hydrogen) atoms. The molecule has 1 atom stereocenters. The lowest BCUT2D eigenvalue weighted by Crippen LogP contribution is -2.52. The van der Waals surface area contributed by atoms with E-state index in [1.54, 1.807) is 4.90 Å². The summed E-state index contributed by atoms with van der Waals surface area (Å²) in [5, 5.41) is 2.70. The molecule has 2 aliphatic heterocycles. The number of imide groups is 1. The van der Waals surface area contributed by atoms with Gasteiger partial charge in [0.25, 0.3) is 5.91 Å². The summed E-state index contributed by atoms with van der Waals surface area (Å²) in [6, 6.07) is 11.5. The molecule has 3 amide bonds. The van der Waals surface area contributed by atoms with Gasteiger partial charge in [0.05, 0.1) is 6.67 Å². The van der Waals surface area contributed by atoms with E-state index in [1.165, 1.54) is 0 Å². The molecular formula is C22H24F2N4O4S. The maximum atomic E-state index is 14.0. The number of amides is 3. The van der Waals surface area contributed by atoms with Crippen LogP contribution in [0.5, 0.6) is 0 Å². The first-order valence-corrected chi connectivity index (χ1v) is 12.0. The largest absolute Gasteiger partial charge is 0.326 e. The van der Waals surface area contributed by atoms with Crippen LogP contribution in [0.25, 0.3) is 0 Å². The van der Waals surface area contributed by atoms with E-state index in [9.17, 15) is 26.8 Å². The van der Waals surface area contributed by atoms with Gasteiger partial charge in [-0.25, -0.2) is 26.9 Å². The molecule has 2 saturated heterocycles. The van der Waals surface area contributed by atoms with E-state index in [-0.39, 0.29) is 38.8 Å². The highest BCUT2D eigenvalue weighted by atomic mass is 32.2. The van der Waals surface area contributed by atoms with Crippen molar-refractivity contribution in [1.29, 1.82) is 0 Å². The van der Waals surface area contributed by atoms with Crippen molar-refractivity contribution >= 4 is 22.0 Å². The van der Waals surface area contributed by atoms with Gasteiger partial charge < -0.3 is 5.32 Å². The Balaban J connectivity index is 1.33. The number of carbonyl (C=O) groups excluding carboxylic acids is 2. The van der Waals surface area contributed by atoms with Crippen LogP contribution in [0.15, 0.2) is 53.4 Å². The van der Waals surface area contributed by atoms with Gasteiger partial charge in [-0.15, -0.1) is 0 Å². The van der Waals surface area contributed by atoms with Crippen molar-refractivity contribution in [3.05, 3.63) is 65.7 Å². The van der Waals surface area contributed by atoms with Crippen molar-refractivity contribution in [2.24, 2.45) is 0 Å². The van der Waals surface area contributed by atoms with Crippen LogP contribution in [0, 0.1) is 11.6 Å². The maximum Gasteiger partial charge on any atom is 0.325 e. The van der Waals surface area contributed by atoms with Gasteiger partial charge in [0.1, 0.15) is 17.7 Å². The molecule has 11 heteroatoms.